The normalized spacial score (nSPS) is 11.5. The minimum atomic E-state index is -4.92. The number of hydrogen-bond acceptors (Lipinski definition) is 9. The van der Waals surface area contributed by atoms with Gasteiger partial charge in [-0.25, -0.2) is 9.78 Å². The molecule has 0 amide bonds. The first kappa shape index (κ1) is 25.4. The van der Waals surface area contributed by atoms with Gasteiger partial charge in [-0.2, -0.15) is 21.6 Å². The number of nitrogens with zero attached hydrogens (tertiary/aromatic N) is 2. The van der Waals surface area contributed by atoms with Gasteiger partial charge < -0.3 is 18.8 Å². The molecule has 4 aromatic rings. The quantitative estimate of drug-likeness (QED) is 0.259. The van der Waals surface area contributed by atoms with Crippen LogP contribution in [-0.2, 0) is 16.3 Å². The van der Waals surface area contributed by atoms with Crippen molar-refractivity contribution in [3.63, 3.8) is 0 Å². The van der Waals surface area contributed by atoms with Gasteiger partial charge in [0.15, 0.2) is 11.5 Å². The molecule has 0 atom stereocenters. The van der Waals surface area contributed by atoms with Crippen LogP contribution in [0, 0.1) is 0 Å². The summed E-state index contributed by atoms with van der Waals surface area (Å²) in [5.74, 6) is -2.90. The average Bonchev–Trinajstić information content (AvgIpc) is 2.85. The van der Waals surface area contributed by atoms with E-state index in [-0.39, 0.29) is 16.4 Å². The zero-order chi connectivity index (χ0) is 26.6. The highest BCUT2D eigenvalue weighted by Gasteiger charge is 2.36. The highest BCUT2D eigenvalue weighted by molar-refractivity contribution is 7.87. The van der Waals surface area contributed by atoms with Crippen LogP contribution in [0.25, 0.3) is 0 Å². The Bertz CT molecular complexity index is 1530. The Kier molecular flexibility index (Phi) is 6.98. The van der Waals surface area contributed by atoms with Gasteiger partial charge in [-0.15, -0.1) is 0 Å². The molecule has 4 rings (SSSR count). The van der Waals surface area contributed by atoms with E-state index in [2.05, 4.69) is 9.97 Å². The zero-order valence-electron chi connectivity index (χ0n) is 18.4. The van der Waals surface area contributed by atoms with E-state index >= 15 is 0 Å². The summed E-state index contributed by atoms with van der Waals surface area (Å²) in [4.78, 5) is 19.4. The molecule has 0 unspecified atom stereocenters. The molecular formula is C24H15F3N2O7S. The highest BCUT2D eigenvalue weighted by atomic mass is 32.2. The highest BCUT2D eigenvalue weighted by Crippen LogP contribution is 2.39. The summed E-state index contributed by atoms with van der Waals surface area (Å²) < 4.78 is 81.1. The molecule has 0 aliphatic carbocycles. The first-order chi connectivity index (χ1) is 17.5. The molecule has 0 saturated heterocycles. The molecule has 2 aromatic heterocycles. The lowest BCUT2D eigenvalue weighted by atomic mass is 10.1. The Morgan fingerprint density at radius 3 is 2.30 bits per heavy atom. The summed E-state index contributed by atoms with van der Waals surface area (Å²) >= 11 is 0. The van der Waals surface area contributed by atoms with Crippen LogP contribution in [0.15, 0.2) is 90.2 Å². The molecule has 2 aromatic carbocycles. The number of ether oxygens (including phenoxy) is 2. The van der Waals surface area contributed by atoms with E-state index in [0.717, 1.165) is 36.4 Å². The van der Waals surface area contributed by atoms with Crippen LogP contribution in [0.1, 0.15) is 15.9 Å². The van der Waals surface area contributed by atoms with Gasteiger partial charge in [0.1, 0.15) is 16.4 Å². The van der Waals surface area contributed by atoms with Gasteiger partial charge in [-0.3, -0.25) is 4.98 Å². The first-order valence-corrected chi connectivity index (χ1v) is 11.6. The molecule has 2 heterocycles. The van der Waals surface area contributed by atoms with E-state index in [1.165, 1.54) is 42.9 Å². The summed E-state index contributed by atoms with van der Waals surface area (Å²) in [6, 6.07) is 12.4. The summed E-state index contributed by atoms with van der Waals surface area (Å²) in [7, 11) is -4.23. The summed E-state index contributed by atoms with van der Waals surface area (Å²) in [5.41, 5.74) is -1.76. The molecule has 37 heavy (non-hydrogen) atoms. The average molecular weight is 532 g/mol. The summed E-state index contributed by atoms with van der Waals surface area (Å²) in [5, 5.41) is 9.65. The van der Waals surface area contributed by atoms with Crippen molar-refractivity contribution in [1.29, 1.82) is 0 Å². The molecule has 0 saturated carbocycles. The van der Waals surface area contributed by atoms with Crippen LogP contribution in [0.5, 0.6) is 28.9 Å². The number of carbonyl (C=O) groups excluding carboxylic acids is 1. The van der Waals surface area contributed by atoms with Crippen LogP contribution in [0.2, 0.25) is 0 Å². The standard InChI is InChI=1S/C24H15F3N2O7S/c25-24(26,27)19-13-15(23(31)35-22-20(30)4-2-12-29-22)5-10-21(19)34-16-6-8-18(9-7-16)37(32,33)36-17-3-1-11-28-14-17/h1-14,30H. The first-order valence-electron chi connectivity index (χ1n) is 10.2. The largest absolute Gasteiger partial charge is 0.503 e. The van der Waals surface area contributed by atoms with Gasteiger partial charge in [-0.1, -0.05) is 0 Å². The topological polar surface area (TPSA) is 125 Å². The SMILES string of the molecule is O=C(Oc1ncccc1O)c1ccc(Oc2ccc(S(=O)(=O)Oc3cccnc3)cc2)c(C(F)(F)F)c1. The summed E-state index contributed by atoms with van der Waals surface area (Å²) in [6.45, 7) is 0. The Balaban J connectivity index is 1.55. The Morgan fingerprint density at radius 1 is 0.919 bits per heavy atom. The fraction of sp³-hybridized carbons (Fsp3) is 0.0417. The number of hydrogen-bond donors (Lipinski definition) is 1. The van der Waals surface area contributed by atoms with Gasteiger partial charge in [-0.05, 0) is 66.7 Å². The lowest BCUT2D eigenvalue weighted by Crippen LogP contribution is -2.13. The zero-order valence-corrected chi connectivity index (χ0v) is 19.2. The Hall–Kier alpha value is -4.65. The van der Waals surface area contributed by atoms with E-state index in [1.807, 2.05) is 0 Å². The van der Waals surface area contributed by atoms with Gasteiger partial charge in [0, 0.05) is 12.4 Å². The van der Waals surface area contributed by atoms with Crippen molar-refractivity contribution in [1.82, 2.24) is 9.97 Å². The lowest BCUT2D eigenvalue weighted by Gasteiger charge is -2.15. The van der Waals surface area contributed by atoms with Crippen molar-refractivity contribution < 1.29 is 45.1 Å². The molecule has 1 N–H and O–H groups in total. The van der Waals surface area contributed by atoms with Crippen LogP contribution in [-0.4, -0.2) is 29.5 Å². The molecular weight excluding hydrogens is 517 g/mol. The van der Waals surface area contributed by atoms with Crippen molar-refractivity contribution in [2.45, 2.75) is 11.1 Å². The second-order valence-corrected chi connectivity index (χ2v) is 8.77. The van der Waals surface area contributed by atoms with Crippen LogP contribution in [0.3, 0.4) is 0 Å². The monoisotopic (exact) mass is 532 g/mol. The van der Waals surface area contributed by atoms with Gasteiger partial charge >= 0.3 is 22.3 Å². The van der Waals surface area contributed by atoms with Gasteiger partial charge in [0.2, 0.25) is 0 Å². The molecule has 0 fully saturated rings. The fourth-order valence-electron chi connectivity index (χ4n) is 2.95. The number of aromatic nitrogens is 2. The predicted octanol–water partition coefficient (Wildman–Crippen LogP) is 4.98. The maximum atomic E-state index is 13.7. The van der Waals surface area contributed by atoms with E-state index in [4.69, 9.17) is 13.7 Å². The molecule has 0 bridgehead atoms. The van der Waals surface area contributed by atoms with Crippen LogP contribution in [0.4, 0.5) is 13.2 Å². The number of benzene rings is 2. The lowest BCUT2D eigenvalue weighted by molar-refractivity contribution is -0.138. The molecule has 0 aliphatic rings. The van der Waals surface area contributed by atoms with Crippen molar-refractivity contribution in [2.75, 3.05) is 0 Å². The third kappa shape index (κ3) is 6.13. The van der Waals surface area contributed by atoms with E-state index in [1.54, 1.807) is 0 Å². The molecule has 0 radical (unpaired) electrons. The minimum absolute atomic E-state index is 0.0190. The fourth-order valence-corrected chi connectivity index (χ4v) is 3.87. The number of halogens is 3. The third-order valence-electron chi connectivity index (χ3n) is 4.64. The van der Waals surface area contributed by atoms with E-state index in [9.17, 15) is 31.5 Å². The third-order valence-corrected chi connectivity index (χ3v) is 5.90. The number of rotatable bonds is 7. The van der Waals surface area contributed by atoms with E-state index < -0.39 is 50.8 Å². The van der Waals surface area contributed by atoms with Crippen molar-refractivity contribution in [3.8, 4) is 28.9 Å². The number of esters is 1. The molecule has 9 nitrogen and oxygen atoms in total. The van der Waals surface area contributed by atoms with Crippen LogP contribution >= 0.6 is 0 Å². The maximum Gasteiger partial charge on any atom is 0.420 e. The molecule has 190 valence electrons. The second-order valence-electron chi connectivity index (χ2n) is 7.23. The minimum Gasteiger partial charge on any atom is -0.503 e. The Morgan fingerprint density at radius 2 is 1.65 bits per heavy atom. The molecule has 0 spiro atoms. The molecule has 13 heteroatoms. The summed E-state index contributed by atoms with van der Waals surface area (Å²) in [6.07, 6.45) is -1.06. The van der Waals surface area contributed by atoms with Crippen molar-refractivity contribution >= 4 is 16.1 Å². The number of aromatic hydroxyl groups is 1. The second kappa shape index (κ2) is 10.1. The Labute approximate surface area is 207 Å². The van der Waals surface area contributed by atoms with Crippen LogP contribution < -0.4 is 13.7 Å². The van der Waals surface area contributed by atoms with Crippen molar-refractivity contribution in [3.05, 3.63) is 96.4 Å². The number of alkyl halides is 3. The number of carbonyl (C=O) groups is 1. The van der Waals surface area contributed by atoms with Crippen molar-refractivity contribution in [2.24, 2.45) is 0 Å². The smallest absolute Gasteiger partial charge is 0.420 e. The van der Waals surface area contributed by atoms with E-state index in [0.29, 0.717) is 6.07 Å². The van der Waals surface area contributed by atoms with Gasteiger partial charge in [0.05, 0.1) is 17.3 Å². The van der Waals surface area contributed by atoms with Gasteiger partial charge in [0.25, 0.3) is 5.88 Å². The molecule has 0 aliphatic heterocycles. The maximum absolute atomic E-state index is 13.7. The number of pyridine rings is 2. The predicted molar refractivity (Wildman–Crippen MR) is 121 cm³/mol.